The summed E-state index contributed by atoms with van der Waals surface area (Å²) in [5.41, 5.74) is 2.51. The second-order valence-electron chi connectivity index (χ2n) is 7.38. The van der Waals surface area contributed by atoms with Crippen molar-refractivity contribution in [2.75, 3.05) is 19.6 Å². The van der Waals surface area contributed by atoms with Crippen LogP contribution in [0, 0.1) is 6.92 Å². The number of imidazole rings is 1. The SMILES string of the molecule is CCNC(=NCc1ccc(-n2ccnc2C)nc1)N1CCC(c2ccccc2)C1.I. The van der Waals surface area contributed by atoms with E-state index in [1.807, 2.05) is 30.0 Å². The number of hydrogen-bond donors (Lipinski definition) is 1. The number of benzene rings is 1. The van der Waals surface area contributed by atoms with Crippen LogP contribution in [0.15, 0.2) is 66.0 Å². The molecule has 158 valence electrons. The van der Waals surface area contributed by atoms with Crippen LogP contribution in [0.5, 0.6) is 0 Å². The van der Waals surface area contributed by atoms with Gasteiger partial charge in [-0.3, -0.25) is 4.57 Å². The highest BCUT2D eigenvalue weighted by Crippen LogP contribution is 2.27. The molecule has 0 radical (unpaired) electrons. The summed E-state index contributed by atoms with van der Waals surface area (Å²) < 4.78 is 1.98. The van der Waals surface area contributed by atoms with Gasteiger partial charge in [-0.1, -0.05) is 36.4 Å². The molecule has 1 fully saturated rings. The maximum absolute atomic E-state index is 4.88. The van der Waals surface area contributed by atoms with Crippen molar-refractivity contribution < 1.29 is 0 Å². The topological polar surface area (TPSA) is 58.3 Å². The Balaban J connectivity index is 0.00000256. The summed E-state index contributed by atoms with van der Waals surface area (Å²) in [6, 6.07) is 14.9. The predicted molar refractivity (Wildman–Crippen MR) is 132 cm³/mol. The zero-order valence-electron chi connectivity index (χ0n) is 17.5. The molecule has 1 saturated heterocycles. The van der Waals surface area contributed by atoms with E-state index in [9.17, 15) is 0 Å². The molecule has 1 atom stereocenters. The lowest BCUT2D eigenvalue weighted by Gasteiger charge is -2.21. The lowest BCUT2D eigenvalue weighted by Crippen LogP contribution is -2.40. The molecule has 0 bridgehead atoms. The highest BCUT2D eigenvalue weighted by molar-refractivity contribution is 14.0. The fourth-order valence-corrected chi connectivity index (χ4v) is 3.81. The molecule has 0 aliphatic carbocycles. The Hall–Kier alpha value is -2.42. The second-order valence-corrected chi connectivity index (χ2v) is 7.38. The van der Waals surface area contributed by atoms with Gasteiger partial charge in [-0.15, -0.1) is 24.0 Å². The Labute approximate surface area is 195 Å². The van der Waals surface area contributed by atoms with E-state index in [4.69, 9.17) is 4.99 Å². The smallest absolute Gasteiger partial charge is 0.194 e. The summed E-state index contributed by atoms with van der Waals surface area (Å²) in [7, 11) is 0. The molecule has 4 rings (SSSR count). The number of pyridine rings is 1. The first-order chi connectivity index (χ1) is 14.2. The van der Waals surface area contributed by atoms with Crippen LogP contribution < -0.4 is 5.32 Å². The van der Waals surface area contributed by atoms with Crippen molar-refractivity contribution in [2.24, 2.45) is 4.99 Å². The highest BCUT2D eigenvalue weighted by Gasteiger charge is 2.25. The molecule has 1 unspecified atom stereocenters. The quantitative estimate of drug-likeness (QED) is 0.315. The van der Waals surface area contributed by atoms with E-state index in [0.29, 0.717) is 12.5 Å². The van der Waals surface area contributed by atoms with Crippen LogP contribution in [0.3, 0.4) is 0 Å². The summed E-state index contributed by atoms with van der Waals surface area (Å²) in [6.45, 7) is 7.61. The zero-order chi connectivity index (χ0) is 20.1. The molecule has 2 aromatic heterocycles. The number of aliphatic imine (C=N–C) groups is 1. The molecule has 1 aliphatic rings. The van der Waals surface area contributed by atoms with E-state index in [1.54, 1.807) is 6.20 Å². The van der Waals surface area contributed by atoms with E-state index >= 15 is 0 Å². The van der Waals surface area contributed by atoms with Gasteiger partial charge in [0.1, 0.15) is 11.6 Å². The third kappa shape index (κ3) is 5.19. The maximum atomic E-state index is 4.88. The Morgan fingerprint density at radius 2 is 2.00 bits per heavy atom. The van der Waals surface area contributed by atoms with Crippen molar-refractivity contribution >= 4 is 29.9 Å². The number of nitrogens with zero attached hydrogens (tertiary/aromatic N) is 5. The van der Waals surface area contributed by atoms with Crippen molar-refractivity contribution in [1.82, 2.24) is 24.8 Å². The molecular formula is C23H29IN6. The van der Waals surface area contributed by atoms with Crippen molar-refractivity contribution in [3.63, 3.8) is 0 Å². The van der Waals surface area contributed by atoms with Gasteiger partial charge in [0.25, 0.3) is 0 Å². The Bertz CT molecular complexity index is 951. The number of likely N-dealkylation sites (tertiary alicyclic amines) is 1. The van der Waals surface area contributed by atoms with Gasteiger partial charge in [0.2, 0.25) is 0 Å². The van der Waals surface area contributed by atoms with Crippen LogP contribution in [-0.2, 0) is 6.54 Å². The maximum Gasteiger partial charge on any atom is 0.194 e. The molecule has 3 aromatic rings. The monoisotopic (exact) mass is 516 g/mol. The normalized spacial score (nSPS) is 16.4. The van der Waals surface area contributed by atoms with Crippen molar-refractivity contribution in [2.45, 2.75) is 32.7 Å². The molecule has 30 heavy (non-hydrogen) atoms. The molecular weight excluding hydrogens is 487 g/mol. The van der Waals surface area contributed by atoms with E-state index in [0.717, 1.165) is 49.2 Å². The Morgan fingerprint density at radius 1 is 1.17 bits per heavy atom. The Morgan fingerprint density at radius 3 is 2.67 bits per heavy atom. The third-order valence-corrected chi connectivity index (χ3v) is 5.39. The first kappa shape index (κ1) is 22.3. The number of guanidine groups is 1. The molecule has 7 heteroatoms. The van der Waals surface area contributed by atoms with Gasteiger partial charge in [-0.05, 0) is 37.5 Å². The van der Waals surface area contributed by atoms with Gasteiger partial charge < -0.3 is 10.2 Å². The van der Waals surface area contributed by atoms with Crippen molar-refractivity contribution in [3.05, 3.63) is 78.0 Å². The van der Waals surface area contributed by atoms with Crippen molar-refractivity contribution in [1.29, 1.82) is 0 Å². The average molecular weight is 516 g/mol. The van der Waals surface area contributed by atoms with E-state index < -0.39 is 0 Å². The average Bonchev–Trinajstić information content (AvgIpc) is 3.42. The van der Waals surface area contributed by atoms with Gasteiger partial charge in [0.15, 0.2) is 5.96 Å². The minimum absolute atomic E-state index is 0. The lowest BCUT2D eigenvalue weighted by molar-refractivity contribution is 0.486. The van der Waals surface area contributed by atoms with Crippen LogP contribution in [0.4, 0.5) is 0 Å². The first-order valence-electron chi connectivity index (χ1n) is 10.3. The summed E-state index contributed by atoms with van der Waals surface area (Å²) in [4.78, 5) is 16.1. The van der Waals surface area contributed by atoms with Crippen LogP contribution in [0.2, 0.25) is 0 Å². The van der Waals surface area contributed by atoms with Crippen LogP contribution in [0.1, 0.15) is 36.2 Å². The third-order valence-electron chi connectivity index (χ3n) is 5.39. The fraction of sp³-hybridized carbons (Fsp3) is 0.348. The summed E-state index contributed by atoms with van der Waals surface area (Å²) in [5, 5.41) is 3.45. The summed E-state index contributed by atoms with van der Waals surface area (Å²) in [6.07, 6.45) is 6.78. The standard InChI is InChI=1S/C23H28N6.HI/c1-3-24-23(28-13-11-21(17-28)20-7-5-4-6-8-20)27-16-19-9-10-22(26-15-19)29-14-12-25-18(29)2;/h4-10,12,14-15,21H,3,11,13,16-17H2,1-2H3,(H,24,27);1H. The lowest BCUT2D eigenvalue weighted by atomic mass is 9.99. The highest BCUT2D eigenvalue weighted by atomic mass is 127. The molecule has 3 heterocycles. The fourth-order valence-electron chi connectivity index (χ4n) is 3.81. The molecule has 0 spiro atoms. The van der Waals surface area contributed by atoms with Gasteiger partial charge in [-0.2, -0.15) is 0 Å². The van der Waals surface area contributed by atoms with Gasteiger partial charge in [-0.25, -0.2) is 15.0 Å². The van der Waals surface area contributed by atoms with E-state index in [1.165, 1.54) is 5.56 Å². The van der Waals surface area contributed by atoms with Gasteiger partial charge in [0.05, 0.1) is 6.54 Å². The van der Waals surface area contributed by atoms with Gasteiger partial charge >= 0.3 is 0 Å². The minimum Gasteiger partial charge on any atom is -0.357 e. The summed E-state index contributed by atoms with van der Waals surface area (Å²) >= 11 is 0. The Kier molecular flexibility index (Phi) is 7.84. The number of rotatable bonds is 5. The molecule has 1 aromatic carbocycles. The van der Waals surface area contributed by atoms with Crippen LogP contribution in [0.25, 0.3) is 5.82 Å². The van der Waals surface area contributed by atoms with E-state index in [-0.39, 0.29) is 24.0 Å². The van der Waals surface area contributed by atoms with E-state index in [2.05, 4.69) is 63.5 Å². The number of halogens is 1. The van der Waals surface area contributed by atoms with Crippen LogP contribution in [-0.4, -0.2) is 45.0 Å². The zero-order valence-corrected chi connectivity index (χ0v) is 19.9. The number of nitrogens with one attached hydrogen (secondary N) is 1. The largest absolute Gasteiger partial charge is 0.357 e. The number of aryl methyl sites for hydroxylation is 1. The number of hydrogen-bond acceptors (Lipinski definition) is 3. The summed E-state index contributed by atoms with van der Waals surface area (Å²) in [5.74, 6) is 3.37. The molecule has 6 nitrogen and oxygen atoms in total. The minimum atomic E-state index is 0. The molecule has 0 saturated carbocycles. The molecule has 1 N–H and O–H groups in total. The second kappa shape index (κ2) is 10.6. The van der Waals surface area contributed by atoms with Crippen molar-refractivity contribution in [3.8, 4) is 5.82 Å². The molecule has 0 amide bonds. The van der Waals surface area contributed by atoms with Gasteiger partial charge in [0, 0.05) is 44.1 Å². The first-order valence-corrected chi connectivity index (χ1v) is 10.3. The van der Waals surface area contributed by atoms with Crippen LogP contribution >= 0.6 is 24.0 Å². The predicted octanol–water partition coefficient (Wildman–Crippen LogP) is 4.15. The number of aromatic nitrogens is 3. The molecule has 1 aliphatic heterocycles.